The number of anilines is 1. The van der Waals surface area contributed by atoms with Crippen LogP contribution in [-0.4, -0.2) is 13.1 Å². The van der Waals surface area contributed by atoms with E-state index in [9.17, 15) is 4.79 Å². The summed E-state index contributed by atoms with van der Waals surface area (Å²) < 4.78 is 10.2. The fourth-order valence-corrected chi connectivity index (χ4v) is 2.10. The predicted octanol–water partition coefficient (Wildman–Crippen LogP) is 3.95. The van der Waals surface area contributed by atoms with Crippen molar-refractivity contribution in [3.05, 3.63) is 51.9 Å². The average molecular weight is 294 g/mol. The van der Waals surface area contributed by atoms with Gasteiger partial charge in [0.1, 0.15) is 17.1 Å². The average Bonchev–Trinajstić information content (AvgIpc) is 2.81. The van der Waals surface area contributed by atoms with Crippen molar-refractivity contribution in [3.63, 3.8) is 0 Å². The van der Waals surface area contributed by atoms with Gasteiger partial charge in [-0.05, 0) is 37.6 Å². The molecule has 0 fully saturated rings. The van der Waals surface area contributed by atoms with Gasteiger partial charge in [0.2, 0.25) is 0 Å². The summed E-state index contributed by atoms with van der Waals surface area (Å²) in [5.41, 5.74) is 2.36. The summed E-state index contributed by atoms with van der Waals surface area (Å²) in [5, 5.41) is 3.95. The lowest BCUT2D eigenvalue weighted by Gasteiger charge is -2.09. The highest BCUT2D eigenvalue weighted by atomic mass is 35.5. The summed E-state index contributed by atoms with van der Waals surface area (Å²) in [7, 11) is 1.35. The number of carbonyl (C=O) groups excluding carboxylic acids is 1. The van der Waals surface area contributed by atoms with Gasteiger partial charge < -0.3 is 14.5 Å². The summed E-state index contributed by atoms with van der Waals surface area (Å²) in [6.07, 6.45) is 0. The fourth-order valence-electron chi connectivity index (χ4n) is 1.92. The Morgan fingerprint density at radius 1 is 1.40 bits per heavy atom. The molecule has 0 aliphatic carbocycles. The molecule has 106 valence electrons. The van der Waals surface area contributed by atoms with E-state index >= 15 is 0 Å². The number of esters is 1. The maximum Gasteiger partial charge on any atom is 0.341 e. The minimum atomic E-state index is -0.392. The van der Waals surface area contributed by atoms with Crippen LogP contribution in [0.5, 0.6) is 0 Å². The molecule has 0 saturated heterocycles. The third kappa shape index (κ3) is 2.96. The van der Waals surface area contributed by atoms with Crippen LogP contribution in [0.4, 0.5) is 5.69 Å². The molecule has 0 radical (unpaired) electrons. The monoisotopic (exact) mass is 293 g/mol. The number of ether oxygens (including phenoxy) is 1. The highest BCUT2D eigenvalue weighted by Gasteiger charge is 2.15. The number of carbonyl (C=O) groups is 1. The minimum Gasteiger partial charge on any atom is -0.465 e. The molecule has 1 N–H and O–H groups in total. The molecule has 0 spiro atoms. The molecule has 20 heavy (non-hydrogen) atoms. The van der Waals surface area contributed by atoms with E-state index in [1.165, 1.54) is 7.11 Å². The second-order valence-electron chi connectivity index (χ2n) is 4.44. The Morgan fingerprint density at radius 2 is 2.15 bits per heavy atom. The van der Waals surface area contributed by atoms with E-state index in [2.05, 4.69) is 5.32 Å². The van der Waals surface area contributed by atoms with Crippen molar-refractivity contribution >= 4 is 23.3 Å². The molecule has 2 aromatic rings. The SMILES string of the molecule is COC(=O)c1cc(CNc2cccc(Cl)c2C)oc1C. The summed E-state index contributed by atoms with van der Waals surface area (Å²) in [6.45, 7) is 4.15. The number of aryl methyl sites for hydroxylation is 1. The third-order valence-electron chi connectivity index (χ3n) is 3.09. The zero-order valence-electron chi connectivity index (χ0n) is 11.6. The van der Waals surface area contributed by atoms with Crippen LogP contribution in [0.2, 0.25) is 5.02 Å². The lowest BCUT2D eigenvalue weighted by molar-refractivity contribution is 0.0599. The van der Waals surface area contributed by atoms with Gasteiger partial charge in [0.05, 0.1) is 13.7 Å². The Balaban J connectivity index is 2.12. The van der Waals surface area contributed by atoms with Gasteiger partial charge in [0, 0.05) is 10.7 Å². The number of rotatable bonds is 4. The number of methoxy groups -OCH3 is 1. The zero-order valence-corrected chi connectivity index (χ0v) is 12.4. The molecular formula is C15H16ClNO3. The topological polar surface area (TPSA) is 51.5 Å². The largest absolute Gasteiger partial charge is 0.465 e. The molecule has 1 aromatic heterocycles. The first kappa shape index (κ1) is 14.5. The van der Waals surface area contributed by atoms with Gasteiger partial charge in [-0.3, -0.25) is 0 Å². The van der Waals surface area contributed by atoms with Gasteiger partial charge >= 0.3 is 5.97 Å². The van der Waals surface area contributed by atoms with Crippen LogP contribution < -0.4 is 5.32 Å². The molecule has 0 bridgehead atoms. The molecular weight excluding hydrogens is 278 g/mol. The smallest absolute Gasteiger partial charge is 0.341 e. The van der Waals surface area contributed by atoms with E-state index in [0.717, 1.165) is 11.3 Å². The maximum atomic E-state index is 11.5. The number of hydrogen-bond acceptors (Lipinski definition) is 4. The van der Waals surface area contributed by atoms with Crippen molar-refractivity contribution in [1.82, 2.24) is 0 Å². The molecule has 4 nitrogen and oxygen atoms in total. The van der Waals surface area contributed by atoms with Gasteiger partial charge in [-0.15, -0.1) is 0 Å². The predicted molar refractivity (Wildman–Crippen MR) is 78.3 cm³/mol. The standard InChI is InChI=1S/C15H16ClNO3/c1-9-13(16)5-4-6-14(9)17-8-11-7-12(10(2)20-11)15(18)19-3/h4-7,17H,8H2,1-3H3. The number of furan rings is 1. The zero-order chi connectivity index (χ0) is 14.7. The lowest BCUT2D eigenvalue weighted by Crippen LogP contribution is -2.01. The quantitative estimate of drug-likeness (QED) is 0.867. The first-order valence-corrected chi connectivity index (χ1v) is 6.57. The molecule has 0 amide bonds. The van der Waals surface area contributed by atoms with Crippen molar-refractivity contribution in [1.29, 1.82) is 0 Å². The van der Waals surface area contributed by atoms with Crippen LogP contribution in [-0.2, 0) is 11.3 Å². The van der Waals surface area contributed by atoms with E-state index in [1.807, 2.05) is 25.1 Å². The van der Waals surface area contributed by atoms with Crippen LogP contribution in [0.3, 0.4) is 0 Å². The molecule has 0 unspecified atom stereocenters. The molecule has 0 aliphatic heterocycles. The summed E-state index contributed by atoms with van der Waals surface area (Å²) in [6, 6.07) is 7.35. The van der Waals surface area contributed by atoms with Crippen LogP contribution in [0, 0.1) is 13.8 Å². The van der Waals surface area contributed by atoms with E-state index in [1.54, 1.807) is 13.0 Å². The first-order chi connectivity index (χ1) is 9.52. The van der Waals surface area contributed by atoms with Crippen LogP contribution >= 0.6 is 11.6 Å². The van der Waals surface area contributed by atoms with Gasteiger partial charge in [-0.2, -0.15) is 0 Å². The Kier molecular flexibility index (Phi) is 4.35. The summed E-state index contributed by atoms with van der Waals surface area (Å²) in [5.74, 6) is 0.829. The highest BCUT2D eigenvalue weighted by molar-refractivity contribution is 6.31. The van der Waals surface area contributed by atoms with Crippen molar-refractivity contribution < 1.29 is 13.9 Å². The van der Waals surface area contributed by atoms with Crippen LogP contribution in [0.1, 0.15) is 27.4 Å². The highest BCUT2D eigenvalue weighted by Crippen LogP contribution is 2.24. The Morgan fingerprint density at radius 3 is 2.85 bits per heavy atom. The number of nitrogens with one attached hydrogen (secondary N) is 1. The molecule has 1 aromatic carbocycles. The Bertz CT molecular complexity index is 634. The van der Waals surface area contributed by atoms with Crippen molar-refractivity contribution in [2.45, 2.75) is 20.4 Å². The Labute approximate surface area is 122 Å². The first-order valence-electron chi connectivity index (χ1n) is 6.19. The fraction of sp³-hybridized carbons (Fsp3) is 0.267. The Hall–Kier alpha value is -1.94. The minimum absolute atomic E-state index is 0.392. The van der Waals surface area contributed by atoms with E-state index in [-0.39, 0.29) is 0 Å². The molecule has 1 heterocycles. The van der Waals surface area contributed by atoms with Crippen LogP contribution in [0.25, 0.3) is 0 Å². The van der Waals surface area contributed by atoms with Gasteiger partial charge in [-0.1, -0.05) is 17.7 Å². The molecule has 0 aliphatic rings. The second-order valence-corrected chi connectivity index (χ2v) is 4.85. The van der Waals surface area contributed by atoms with E-state index in [0.29, 0.717) is 28.7 Å². The molecule has 0 atom stereocenters. The molecule has 2 rings (SSSR count). The number of halogens is 1. The summed E-state index contributed by atoms with van der Waals surface area (Å²) >= 11 is 6.06. The molecule has 5 heteroatoms. The number of benzene rings is 1. The second kappa shape index (κ2) is 6.01. The van der Waals surface area contributed by atoms with Crippen LogP contribution in [0.15, 0.2) is 28.7 Å². The van der Waals surface area contributed by atoms with Gasteiger partial charge in [-0.25, -0.2) is 4.79 Å². The van der Waals surface area contributed by atoms with E-state index in [4.69, 9.17) is 20.8 Å². The van der Waals surface area contributed by atoms with Gasteiger partial charge in [0.25, 0.3) is 0 Å². The van der Waals surface area contributed by atoms with E-state index < -0.39 is 5.97 Å². The third-order valence-corrected chi connectivity index (χ3v) is 3.50. The van der Waals surface area contributed by atoms with Crippen molar-refractivity contribution in [3.8, 4) is 0 Å². The normalized spacial score (nSPS) is 10.4. The number of hydrogen-bond donors (Lipinski definition) is 1. The lowest BCUT2D eigenvalue weighted by atomic mass is 10.2. The molecule has 0 saturated carbocycles. The van der Waals surface area contributed by atoms with Gasteiger partial charge in [0.15, 0.2) is 0 Å². The summed E-state index contributed by atoms with van der Waals surface area (Å²) in [4.78, 5) is 11.5. The maximum absolute atomic E-state index is 11.5. The van der Waals surface area contributed by atoms with Crippen molar-refractivity contribution in [2.24, 2.45) is 0 Å². The van der Waals surface area contributed by atoms with Crippen molar-refractivity contribution in [2.75, 3.05) is 12.4 Å².